The van der Waals surface area contributed by atoms with Crippen LogP contribution in [0, 0.1) is 25.2 Å². The molecule has 3 rings (SSSR count). The molecule has 0 spiro atoms. The van der Waals surface area contributed by atoms with Gasteiger partial charge in [-0.1, -0.05) is 24.3 Å². The summed E-state index contributed by atoms with van der Waals surface area (Å²) in [5.41, 5.74) is 5.66. The molecule has 2 aromatic carbocycles. The van der Waals surface area contributed by atoms with Crippen LogP contribution in [0.15, 0.2) is 41.8 Å². The molecule has 0 unspecified atom stereocenters. The van der Waals surface area contributed by atoms with Gasteiger partial charge in [0.1, 0.15) is 11.1 Å². The van der Waals surface area contributed by atoms with Gasteiger partial charge in [-0.05, 0) is 43.2 Å². The van der Waals surface area contributed by atoms with Gasteiger partial charge in [-0.2, -0.15) is 5.26 Å². The number of hydrogen-bond acceptors (Lipinski definition) is 5. The van der Waals surface area contributed by atoms with Gasteiger partial charge in [0.05, 0.1) is 25.5 Å². The van der Waals surface area contributed by atoms with E-state index >= 15 is 0 Å². The van der Waals surface area contributed by atoms with Gasteiger partial charge in [-0.3, -0.25) is 0 Å². The summed E-state index contributed by atoms with van der Waals surface area (Å²) >= 11 is 1.46. The maximum Gasteiger partial charge on any atom is 0.167 e. The van der Waals surface area contributed by atoms with E-state index in [2.05, 4.69) is 43.1 Å². The van der Waals surface area contributed by atoms with Gasteiger partial charge in [0, 0.05) is 16.5 Å². The SMILES string of the molecule is COc1cccc(C=C(C#N)c2nc(-c3ccc(C)c(C)c3)cs2)c1OC. The minimum atomic E-state index is 0.488. The molecule has 5 heteroatoms. The molecule has 0 atom stereocenters. The summed E-state index contributed by atoms with van der Waals surface area (Å²) in [6.07, 6.45) is 1.78. The van der Waals surface area contributed by atoms with E-state index in [0.29, 0.717) is 22.1 Å². The average Bonchev–Trinajstić information content (AvgIpc) is 3.17. The molecule has 0 N–H and O–H groups in total. The van der Waals surface area contributed by atoms with Crippen molar-refractivity contribution in [2.75, 3.05) is 14.2 Å². The molecule has 136 valence electrons. The molecule has 0 aliphatic carbocycles. The van der Waals surface area contributed by atoms with E-state index in [0.717, 1.165) is 16.8 Å². The smallest absolute Gasteiger partial charge is 0.167 e. The van der Waals surface area contributed by atoms with Crippen molar-refractivity contribution in [3.63, 3.8) is 0 Å². The third-order valence-electron chi connectivity index (χ3n) is 4.39. The summed E-state index contributed by atoms with van der Waals surface area (Å²) in [7, 11) is 3.18. The zero-order valence-corrected chi connectivity index (χ0v) is 16.6. The van der Waals surface area contributed by atoms with Crippen LogP contribution in [-0.2, 0) is 0 Å². The maximum absolute atomic E-state index is 9.67. The van der Waals surface area contributed by atoms with Crippen LogP contribution >= 0.6 is 11.3 Å². The number of hydrogen-bond donors (Lipinski definition) is 0. The highest BCUT2D eigenvalue weighted by Gasteiger charge is 2.13. The van der Waals surface area contributed by atoms with E-state index in [1.807, 2.05) is 23.6 Å². The molecular formula is C22H20N2O2S. The number of aromatic nitrogens is 1. The summed E-state index contributed by atoms with van der Waals surface area (Å²) in [6, 6.07) is 14.1. The lowest BCUT2D eigenvalue weighted by atomic mass is 10.0. The van der Waals surface area contributed by atoms with Crippen LogP contribution in [0.4, 0.5) is 0 Å². The van der Waals surface area contributed by atoms with Crippen LogP contribution in [0.3, 0.4) is 0 Å². The van der Waals surface area contributed by atoms with Crippen molar-refractivity contribution < 1.29 is 9.47 Å². The minimum absolute atomic E-state index is 0.488. The van der Waals surface area contributed by atoms with E-state index in [9.17, 15) is 5.26 Å². The van der Waals surface area contributed by atoms with E-state index in [1.165, 1.54) is 22.5 Å². The highest BCUT2D eigenvalue weighted by Crippen LogP contribution is 2.34. The molecule has 0 saturated carbocycles. The number of methoxy groups -OCH3 is 2. The Labute approximate surface area is 163 Å². The number of ether oxygens (including phenoxy) is 2. The van der Waals surface area contributed by atoms with Crippen LogP contribution in [0.5, 0.6) is 11.5 Å². The van der Waals surface area contributed by atoms with Gasteiger partial charge in [0.15, 0.2) is 11.5 Å². The molecule has 0 bridgehead atoms. The van der Waals surface area contributed by atoms with Crippen molar-refractivity contribution in [3.8, 4) is 28.8 Å². The molecule has 4 nitrogen and oxygen atoms in total. The van der Waals surface area contributed by atoms with Gasteiger partial charge < -0.3 is 9.47 Å². The molecule has 27 heavy (non-hydrogen) atoms. The van der Waals surface area contributed by atoms with Crippen molar-refractivity contribution in [3.05, 3.63) is 63.5 Å². The van der Waals surface area contributed by atoms with Gasteiger partial charge >= 0.3 is 0 Å². The first kappa shape index (κ1) is 18.7. The molecule has 0 saturated heterocycles. The first-order valence-electron chi connectivity index (χ1n) is 8.43. The van der Waals surface area contributed by atoms with Crippen molar-refractivity contribution in [1.29, 1.82) is 5.26 Å². The monoisotopic (exact) mass is 376 g/mol. The number of para-hydroxylation sites is 1. The van der Waals surface area contributed by atoms with Crippen LogP contribution in [0.1, 0.15) is 21.7 Å². The Bertz CT molecular complexity index is 1040. The Morgan fingerprint density at radius 2 is 1.93 bits per heavy atom. The number of aryl methyl sites for hydroxylation is 2. The van der Waals surface area contributed by atoms with Gasteiger partial charge in [-0.25, -0.2) is 4.98 Å². The number of thiazole rings is 1. The third-order valence-corrected chi connectivity index (χ3v) is 5.27. The molecule has 1 heterocycles. The summed E-state index contributed by atoms with van der Waals surface area (Å²) in [4.78, 5) is 4.67. The van der Waals surface area contributed by atoms with Crippen molar-refractivity contribution in [1.82, 2.24) is 4.98 Å². The van der Waals surface area contributed by atoms with Crippen LogP contribution in [0.2, 0.25) is 0 Å². The topological polar surface area (TPSA) is 55.1 Å². The van der Waals surface area contributed by atoms with Gasteiger partial charge in [0.25, 0.3) is 0 Å². The molecule has 0 amide bonds. The normalized spacial score (nSPS) is 11.1. The van der Waals surface area contributed by atoms with E-state index in [4.69, 9.17) is 9.47 Å². The number of nitriles is 1. The Morgan fingerprint density at radius 3 is 2.59 bits per heavy atom. The molecule has 0 radical (unpaired) electrons. The lowest BCUT2D eigenvalue weighted by Gasteiger charge is -2.10. The van der Waals surface area contributed by atoms with E-state index in [-0.39, 0.29) is 0 Å². The standard InChI is InChI=1S/C22H20N2O2S/c1-14-8-9-16(10-15(14)2)19-13-27-22(24-19)18(12-23)11-17-6-5-7-20(25-3)21(17)26-4/h5-11,13H,1-4H3. The fourth-order valence-corrected chi connectivity index (χ4v) is 3.55. The molecule has 1 aromatic heterocycles. The number of allylic oxidation sites excluding steroid dienone is 1. The third kappa shape index (κ3) is 3.86. The summed E-state index contributed by atoms with van der Waals surface area (Å²) < 4.78 is 10.8. The fraction of sp³-hybridized carbons (Fsp3) is 0.182. The highest BCUT2D eigenvalue weighted by atomic mass is 32.1. The van der Waals surface area contributed by atoms with Gasteiger partial charge in [-0.15, -0.1) is 11.3 Å². The Balaban J connectivity index is 2.00. The van der Waals surface area contributed by atoms with Crippen LogP contribution in [0.25, 0.3) is 22.9 Å². The molecular weight excluding hydrogens is 356 g/mol. The Hall–Kier alpha value is -3.10. The predicted octanol–water partition coefficient (Wildman–Crippen LogP) is 5.51. The fourth-order valence-electron chi connectivity index (χ4n) is 2.75. The van der Waals surface area contributed by atoms with Crippen molar-refractivity contribution in [2.24, 2.45) is 0 Å². The first-order chi connectivity index (χ1) is 13.1. The van der Waals surface area contributed by atoms with Crippen LogP contribution in [-0.4, -0.2) is 19.2 Å². The van der Waals surface area contributed by atoms with E-state index < -0.39 is 0 Å². The minimum Gasteiger partial charge on any atom is -0.493 e. The summed E-state index contributed by atoms with van der Waals surface area (Å²) in [5, 5.41) is 12.3. The Kier molecular flexibility index (Phi) is 5.58. The molecule has 3 aromatic rings. The van der Waals surface area contributed by atoms with Crippen LogP contribution < -0.4 is 9.47 Å². The second kappa shape index (κ2) is 8.07. The molecule has 0 aliphatic heterocycles. The quantitative estimate of drug-likeness (QED) is 0.551. The second-order valence-electron chi connectivity index (χ2n) is 6.09. The number of benzene rings is 2. The zero-order chi connectivity index (χ0) is 19.4. The second-order valence-corrected chi connectivity index (χ2v) is 6.95. The van der Waals surface area contributed by atoms with Crippen molar-refractivity contribution >= 4 is 23.0 Å². The van der Waals surface area contributed by atoms with Gasteiger partial charge in [0.2, 0.25) is 0 Å². The molecule has 0 fully saturated rings. The van der Waals surface area contributed by atoms with Crippen molar-refractivity contribution in [2.45, 2.75) is 13.8 Å². The Morgan fingerprint density at radius 1 is 1.11 bits per heavy atom. The summed E-state index contributed by atoms with van der Waals surface area (Å²) in [6.45, 7) is 4.17. The number of rotatable bonds is 5. The van der Waals surface area contributed by atoms with E-state index in [1.54, 1.807) is 20.3 Å². The molecule has 0 aliphatic rings. The predicted molar refractivity (Wildman–Crippen MR) is 110 cm³/mol. The zero-order valence-electron chi connectivity index (χ0n) is 15.7. The summed E-state index contributed by atoms with van der Waals surface area (Å²) in [5.74, 6) is 1.22. The highest BCUT2D eigenvalue weighted by molar-refractivity contribution is 7.11. The maximum atomic E-state index is 9.67. The average molecular weight is 376 g/mol. The number of nitrogens with zero attached hydrogens (tertiary/aromatic N) is 2. The lowest BCUT2D eigenvalue weighted by Crippen LogP contribution is -1.93. The largest absolute Gasteiger partial charge is 0.493 e. The first-order valence-corrected chi connectivity index (χ1v) is 9.31. The lowest BCUT2D eigenvalue weighted by molar-refractivity contribution is 0.354.